The molecule has 0 amide bonds. The maximum Gasteiger partial charge on any atom is 0.308 e. The predicted molar refractivity (Wildman–Crippen MR) is 84.0 cm³/mol. The SMILES string of the molecule is COC(CCc1cc(O)c2c(N)ncnn12)COC(=O)C(C)C. The summed E-state index contributed by atoms with van der Waals surface area (Å²) < 4.78 is 12.1. The van der Waals surface area contributed by atoms with Gasteiger partial charge in [0.1, 0.15) is 24.2 Å². The van der Waals surface area contributed by atoms with Gasteiger partial charge in [-0.2, -0.15) is 5.10 Å². The normalized spacial score (nSPS) is 12.7. The van der Waals surface area contributed by atoms with Crippen LogP contribution in [0.4, 0.5) is 5.82 Å². The molecule has 0 aliphatic carbocycles. The summed E-state index contributed by atoms with van der Waals surface area (Å²) in [4.78, 5) is 15.4. The molecule has 0 bridgehead atoms. The summed E-state index contributed by atoms with van der Waals surface area (Å²) in [5.41, 5.74) is 6.92. The zero-order valence-corrected chi connectivity index (χ0v) is 13.5. The number of hydrogen-bond donors (Lipinski definition) is 2. The highest BCUT2D eigenvalue weighted by Gasteiger charge is 2.17. The second-order valence-corrected chi connectivity index (χ2v) is 5.61. The van der Waals surface area contributed by atoms with Crippen molar-refractivity contribution < 1.29 is 19.4 Å². The highest BCUT2D eigenvalue weighted by molar-refractivity contribution is 5.74. The van der Waals surface area contributed by atoms with Crippen LogP contribution in [-0.2, 0) is 20.7 Å². The Balaban J connectivity index is 2.02. The number of esters is 1. The molecule has 0 saturated carbocycles. The van der Waals surface area contributed by atoms with Crippen molar-refractivity contribution in [1.29, 1.82) is 0 Å². The van der Waals surface area contributed by atoms with E-state index in [1.54, 1.807) is 31.5 Å². The minimum Gasteiger partial charge on any atom is -0.505 e. The molecule has 0 spiro atoms. The minimum atomic E-state index is -0.252. The van der Waals surface area contributed by atoms with Gasteiger partial charge in [0.05, 0.1) is 12.0 Å². The van der Waals surface area contributed by atoms with Gasteiger partial charge >= 0.3 is 5.97 Å². The summed E-state index contributed by atoms with van der Waals surface area (Å²) in [6.07, 6.45) is 2.29. The van der Waals surface area contributed by atoms with Gasteiger partial charge in [-0.1, -0.05) is 13.8 Å². The van der Waals surface area contributed by atoms with Gasteiger partial charge < -0.3 is 20.3 Å². The molecule has 8 heteroatoms. The first-order chi connectivity index (χ1) is 10.9. The number of aromatic nitrogens is 3. The molecular formula is C15H22N4O4. The number of aryl methyl sites for hydroxylation is 1. The van der Waals surface area contributed by atoms with Gasteiger partial charge in [-0.25, -0.2) is 9.50 Å². The Morgan fingerprint density at radius 3 is 2.87 bits per heavy atom. The summed E-state index contributed by atoms with van der Waals surface area (Å²) >= 11 is 0. The zero-order valence-electron chi connectivity index (χ0n) is 13.5. The van der Waals surface area contributed by atoms with Gasteiger partial charge in [-0.3, -0.25) is 4.79 Å². The first-order valence-corrected chi connectivity index (χ1v) is 7.43. The van der Waals surface area contributed by atoms with Crippen molar-refractivity contribution >= 4 is 17.3 Å². The number of fused-ring (bicyclic) bond motifs is 1. The number of anilines is 1. The molecule has 8 nitrogen and oxygen atoms in total. The monoisotopic (exact) mass is 322 g/mol. The van der Waals surface area contributed by atoms with E-state index in [1.165, 1.54) is 6.33 Å². The van der Waals surface area contributed by atoms with E-state index in [-0.39, 0.29) is 36.2 Å². The van der Waals surface area contributed by atoms with E-state index in [4.69, 9.17) is 15.2 Å². The molecule has 126 valence electrons. The molecule has 0 aliphatic heterocycles. The van der Waals surface area contributed by atoms with Crippen molar-refractivity contribution in [3.8, 4) is 5.75 Å². The van der Waals surface area contributed by atoms with E-state index in [9.17, 15) is 9.90 Å². The molecule has 2 heterocycles. The van der Waals surface area contributed by atoms with Crippen LogP contribution in [0.3, 0.4) is 0 Å². The largest absolute Gasteiger partial charge is 0.505 e. The molecule has 0 radical (unpaired) electrons. The van der Waals surface area contributed by atoms with Crippen LogP contribution in [0, 0.1) is 5.92 Å². The smallest absolute Gasteiger partial charge is 0.308 e. The Morgan fingerprint density at radius 1 is 1.48 bits per heavy atom. The number of ether oxygens (including phenoxy) is 2. The number of methoxy groups -OCH3 is 1. The van der Waals surface area contributed by atoms with E-state index < -0.39 is 0 Å². The fourth-order valence-corrected chi connectivity index (χ4v) is 2.21. The number of nitrogens with zero attached hydrogens (tertiary/aromatic N) is 3. The summed E-state index contributed by atoms with van der Waals surface area (Å²) in [6.45, 7) is 3.76. The molecule has 0 saturated heterocycles. The average Bonchev–Trinajstić information content (AvgIpc) is 2.84. The number of aromatic hydroxyl groups is 1. The van der Waals surface area contributed by atoms with Crippen molar-refractivity contribution in [2.24, 2.45) is 5.92 Å². The van der Waals surface area contributed by atoms with Gasteiger partial charge in [0.15, 0.2) is 5.82 Å². The highest BCUT2D eigenvalue weighted by Crippen LogP contribution is 2.26. The number of rotatable bonds is 7. The summed E-state index contributed by atoms with van der Waals surface area (Å²) in [6, 6.07) is 1.60. The number of nitrogens with two attached hydrogens (primary N) is 1. The van der Waals surface area contributed by atoms with Crippen molar-refractivity contribution in [3.63, 3.8) is 0 Å². The van der Waals surface area contributed by atoms with Gasteiger partial charge in [-0.15, -0.1) is 0 Å². The zero-order chi connectivity index (χ0) is 17.0. The van der Waals surface area contributed by atoms with Crippen LogP contribution in [0.1, 0.15) is 26.0 Å². The summed E-state index contributed by atoms with van der Waals surface area (Å²) in [7, 11) is 1.57. The van der Waals surface area contributed by atoms with E-state index in [2.05, 4.69) is 10.1 Å². The third kappa shape index (κ3) is 3.89. The van der Waals surface area contributed by atoms with Crippen molar-refractivity contribution in [3.05, 3.63) is 18.1 Å². The maximum atomic E-state index is 11.5. The van der Waals surface area contributed by atoms with Gasteiger partial charge in [0.2, 0.25) is 0 Å². The number of carbonyl (C=O) groups is 1. The predicted octanol–water partition coefficient (Wildman–Crippen LogP) is 1.16. The van der Waals surface area contributed by atoms with Crippen LogP contribution in [0.15, 0.2) is 12.4 Å². The Hall–Kier alpha value is -2.35. The van der Waals surface area contributed by atoms with Crippen LogP contribution in [0.25, 0.3) is 5.52 Å². The third-order valence-corrected chi connectivity index (χ3v) is 3.58. The Labute approximate surface area is 134 Å². The molecule has 3 N–H and O–H groups in total. The maximum absolute atomic E-state index is 11.5. The lowest BCUT2D eigenvalue weighted by atomic mass is 10.1. The fourth-order valence-electron chi connectivity index (χ4n) is 2.21. The van der Waals surface area contributed by atoms with E-state index in [0.717, 1.165) is 5.69 Å². The second kappa shape index (κ2) is 7.28. The van der Waals surface area contributed by atoms with Crippen LogP contribution in [0.2, 0.25) is 0 Å². The Morgan fingerprint density at radius 2 is 2.22 bits per heavy atom. The Bertz CT molecular complexity index is 683. The van der Waals surface area contributed by atoms with Gasteiger partial charge in [0.25, 0.3) is 0 Å². The third-order valence-electron chi connectivity index (χ3n) is 3.58. The molecule has 23 heavy (non-hydrogen) atoms. The van der Waals surface area contributed by atoms with Crippen molar-refractivity contribution in [2.75, 3.05) is 19.5 Å². The topological polar surface area (TPSA) is 112 Å². The first-order valence-electron chi connectivity index (χ1n) is 7.43. The van der Waals surface area contributed by atoms with Crippen molar-refractivity contribution in [1.82, 2.24) is 14.6 Å². The summed E-state index contributed by atoms with van der Waals surface area (Å²) in [5.74, 6) is -0.159. The standard InChI is InChI=1S/C15H22N4O4/c1-9(2)15(21)23-7-11(22-3)5-4-10-6-12(20)13-14(16)17-8-18-19(10)13/h6,8-9,11,20H,4-5,7H2,1-3H3,(H2,16,17,18). The van der Waals surface area contributed by atoms with Crippen LogP contribution < -0.4 is 5.73 Å². The lowest BCUT2D eigenvalue weighted by molar-refractivity contribution is -0.151. The molecule has 0 fully saturated rings. The number of nitrogen functional groups attached to an aromatic ring is 1. The van der Waals surface area contributed by atoms with Gasteiger partial charge in [0, 0.05) is 18.9 Å². The lowest BCUT2D eigenvalue weighted by Gasteiger charge is -2.16. The fraction of sp³-hybridized carbons (Fsp3) is 0.533. The van der Waals surface area contributed by atoms with Crippen LogP contribution >= 0.6 is 0 Å². The molecule has 2 aromatic heterocycles. The first kappa shape index (κ1) is 17.0. The second-order valence-electron chi connectivity index (χ2n) is 5.61. The van der Waals surface area contributed by atoms with Crippen LogP contribution in [0.5, 0.6) is 5.75 Å². The van der Waals surface area contributed by atoms with E-state index >= 15 is 0 Å². The minimum absolute atomic E-state index is 0.0401. The molecule has 1 unspecified atom stereocenters. The van der Waals surface area contributed by atoms with Gasteiger partial charge in [-0.05, 0) is 12.8 Å². The molecular weight excluding hydrogens is 300 g/mol. The molecule has 0 aromatic carbocycles. The molecule has 0 aliphatic rings. The molecule has 2 aromatic rings. The average molecular weight is 322 g/mol. The van der Waals surface area contributed by atoms with Crippen LogP contribution in [-0.4, -0.2) is 45.5 Å². The molecule has 2 rings (SSSR count). The quantitative estimate of drug-likeness (QED) is 0.736. The highest BCUT2D eigenvalue weighted by atomic mass is 16.6. The van der Waals surface area contributed by atoms with Crippen molar-refractivity contribution in [2.45, 2.75) is 32.8 Å². The van der Waals surface area contributed by atoms with E-state index in [0.29, 0.717) is 18.4 Å². The summed E-state index contributed by atoms with van der Waals surface area (Å²) in [5, 5.41) is 14.1. The molecule has 1 atom stereocenters. The number of hydrogen-bond acceptors (Lipinski definition) is 7. The lowest BCUT2D eigenvalue weighted by Crippen LogP contribution is -2.23. The number of carbonyl (C=O) groups excluding carboxylic acids is 1. The van der Waals surface area contributed by atoms with E-state index in [1.807, 2.05) is 0 Å². The Kier molecular flexibility index (Phi) is 5.38.